The van der Waals surface area contributed by atoms with E-state index >= 15 is 0 Å². The highest BCUT2D eigenvalue weighted by Crippen LogP contribution is 2.26. The Balaban J connectivity index is 1.91. The van der Waals surface area contributed by atoms with E-state index in [4.69, 9.17) is 10.5 Å². The molecule has 2 fully saturated rings. The summed E-state index contributed by atoms with van der Waals surface area (Å²) in [5.41, 5.74) is 5.94. The molecule has 0 amide bonds. The van der Waals surface area contributed by atoms with Gasteiger partial charge in [0.2, 0.25) is 0 Å². The Kier molecular flexibility index (Phi) is 4.95. The zero-order valence-corrected chi connectivity index (χ0v) is 11.0. The van der Waals surface area contributed by atoms with E-state index in [0.29, 0.717) is 12.1 Å². The predicted molar refractivity (Wildman–Crippen MR) is 69.9 cm³/mol. The maximum absolute atomic E-state index is 5.94. The molecule has 4 heteroatoms. The van der Waals surface area contributed by atoms with E-state index in [1.807, 2.05) is 0 Å². The van der Waals surface area contributed by atoms with Gasteiger partial charge in [0.1, 0.15) is 0 Å². The van der Waals surface area contributed by atoms with Crippen LogP contribution in [0.25, 0.3) is 0 Å². The highest BCUT2D eigenvalue weighted by atomic mass is 32.2. The minimum absolute atomic E-state index is 0.394. The molecule has 0 spiro atoms. The number of thioether (sulfide) groups is 1. The minimum Gasteiger partial charge on any atom is -0.377 e. The minimum atomic E-state index is 0.394. The molecule has 3 nitrogen and oxygen atoms in total. The normalized spacial score (nSPS) is 34.1. The number of rotatable bonds is 4. The highest BCUT2D eigenvalue weighted by molar-refractivity contribution is 8.00. The average molecular weight is 244 g/mol. The van der Waals surface area contributed by atoms with E-state index in [2.05, 4.69) is 23.6 Å². The van der Waals surface area contributed by atoms with Gasteiger partial charge in [0.05, 0.1) is 6.10 Å². The molecule has 0 saturated carbocycles. The maximum atomic E-state index is 5.94. The fourth-order valence-corrected chi connectivity index (χ4v) is 3.94. The fraction of sp³-hybridized carbons (Fsp3) is 1.00. The molecule has 0 bridgehead atoms. The van der Waals surface area contributed by atoms with E-state index in [1.165, 1.54) is 38.1 Å². The van der Waals surface area contributed by atoms with Crippen LogP contribution in [0, 0.1) is 0 Å². The standard InChI is InChI=1S/C12H24N2OS/c1-2-10-9-14(5-7-16-10)11(8-13)12-4-3-6-15-12/h10-12H,2-9,13H2,1H3. The van der Waals surface area contributed by atoms with Gasteiger partial charge in [-0.2, -0.15) is 11.8 Å². The van der Waals surface area contributed by atoms with Crippen LogP contribution in [-0.4, -0.2) is 54.3 Å². The number of nitrogens with zero attached hydrogens (tertiary/aromatic N) is 1. The smallest absolute Gasteiger partial charge is 0.0743 e. The molecule has 2 saturated heterocycles. The molecule has 2 aliphatic rings. The van der Waals surface area contributed by atoms with Crippen molar-refractivity contribution in [2.45, 2.75) is 43.6 Å². The van der Waals surface area contributed by atoms with Crippen LogP contribution < -0.4 is 5.73 Å². The average Bonchev–Trinajstić information content (AvgIpc) is 2.84. The lowest BCUT2D eigenvalue weighted by Crippen LogP contribution is -2.52. The van der Waals surface area contributed by atoms with Gasteiger partial charge < -0.3 is 10.5 Å². The lowest BCUT2D eigenvalue weighted by Gasteiger charge is -2.39. The summed E-state index contributed by atoms with van der Waals surface area (Å²) in [7, 11) is 0. The lowest BCUT2D eigenvalue weighted by molar-refractivity contribution is 0.0284. The van der Waals surface area contributed by atoms with Crippen LogP contribution in [-0.2, 0) is 4.74 Å². The Morgan fingerprint density at radius 3 is 3.06 bits per heavy atom. The number of hydrogen-bond acceptors (Lipinski definition) is 4. The van der Waals surface area contributed by atoms with E-state index in [1.54, 1.807) is 0 Å². The Morgan fingerprint density at radius 1 is 1.56 bits per heavy atom. The Morgan fingerprint density at radius 2 is 2.44 bits per heavy atom. The Bertz CT molecular complexity index is 209. The van der Waals surface area contributed by atoms with Crippen molar-refractivity contribution in [2.75, 3.05) is 32.0 Å². The van der Waals surface area contributed by atoms with E-state index in [0.717, 1.165) is 18.4 Å². The van der Waals surface area contributed by atoms with Gasteiger partial charge in [0.15, 0.2) is 0 Å². The molecule has 2 rings (SSSR count). The van der Waals surface area contributed by atoms with Gasteiger partial charge in [0, 0.05) is 43.3 Å². The summed E-state index contributed by atoms with van der Waals surface area (Å²) in [5, 5.41) is 0.796. The lowest BCUT2D eigenvalue weighted by atomic mass is 10.1. The first-order valence-corrected chi connectivity index (χ1v) is 7.57. The maximum Gasteiger partial charge on any atom is 0.0743 e. The molecular weight excluding hydrogens is 220 g/mol. The van der Waals surface area contributed by atoms with Crippen LogP contribution in [0.5, 0.6) is 0 Å². The number of nitrogens with two attached hydrogens (primary N) is 1. The van der Waals surface area contributed by atoms with Crippen molar-refractivity contribution >= 4 is 11.8 Å². The molecule has 3 atom stereocenters. The zero-order chi connectivity index (χ0) is 11.4. The van der Waals surface area contributed by atoms with E-state index in [9.17, 15) is 0 Å². The largest absolute Gasteiger partial charge is 0.377 e. The third kappa shape index (κ3) is 2.92. The number of ether oxygens (including phenoxy) is 1. The van der Waals surface area contributed by atoms with E-state index in [-0.39, 0.29) is 0 Å². The SMILES string of the molecule is CCC1CN(C(CN)C2CCCO2)CCS1. The summed E-state index contributed by atoms with van der Waals surface area (Å²) in [6, 6.07) is 0.456. The number of hydrogen-bond donors (Lipinski definition) is 1. The molecule has 16 heavy (non-hydrogen) atoms. The highest BCUT2D eigenvalue weighted by Gasteiger charge is 2.32. The molecule has 0 aromatic carbocycles. The van der Waals surface area contributed by atoms with Crippen molar-refractivity contribution < 1.29 is 4.74 Å². The van der Waals surface area contributed by atoms with Crippen molar-refractivity contribution in [3.63, 3.8) is 0 Å². The van der Waals surface area contributed by atoms with Crippen LogP contribution >= 0.6 is 11.8 Å². The monoisotopic (exact) mass is 244 g/mol. The van der Waals surface area contributed by atoms with Gasteiger partial charge in [-0.25, -0.2) is 0 Å². The Hall–Kier alpha value is 0.230. The van der Waals surface area contributed by atoms with Gasteiger partial charge in [0.25, 0.3) is 0 Å². The van der Waals surface area contributed by atoms with Crippen LogP contribution in [0.4, 0.5) is 0 Å². The molecule has 2 aliphatic heterocycles. The second-order valence-electron chi connectivity index (χ2n) is 4.75. The van der Waals surface area contributed by atoms with Crippen molar-refractivity contribution in [2.24, 2.45) is 5.73 Å². The zero-order valence-electron chi connectivity index (χ0n) is 10.2. The van der Waals surface area contributed by atoms with Crippen molar-refractivity contribution in [1.82, 2.24) is 4.90 Å². The summed E-state index contributed by atoms with van der Waals surface area (Å²) < 4.78 is 5.80. The fourth-order valence-electron chi connectivity index (χ4n) is 2.73. The predicted octanol–water partition coefficient (Wildman–Crippen LogP) is 1.32. The van der Waals surface area contributed by atoms with Crippen LogP contribution in [0.15, 0.2) is 0 Å². The van der Waals surface area contributed by atoms with Crippen LogP contribution in [0.1, 0.15) is 26.2 Å². The molecule has 0 radical (unpaired) electrons. The molecule has 0 aromatic rings. The summed E-state index contributed by atoms with van der Waals surface area (Å²) in [6.07, 6.45) is 4.07. The van der Waals surface area contributed by atoms with E-state index < -0.39 is 0 Å². The summed E-state index contributed by atoms with van der Waals surface area (Å²) in [4.78, 5) is 2.57. The first-order chi connectivity index (χ1) is 7.85. The first-order valence-electron chi connectivity index (χ1n) is 6.52. The van der Waals surface area contributed by atoms with Crippen molar-refractivity contribution in [3.05, 3.63) is 0 Å². The van der Waals surface area contributed by atoms with Gasteiger partial charge in [-0.15, -0.1) is 0 Å². The van der Waals surface area contributed by atoms with Gasteiger partial charge in [-0.05, 0) is 19.3 Å². The molecular formula is C12H24N2OS. The van der Waals surface area contributed by atoms with Gasteiger partial charge in [-0.1, -0.05) is 6.92 Å². The van der Waals surface area contributed by atoms with Crippen molar-refractivity contribution in [1.29, 1.82) is 0 Å². The second kappa shape index (κ2) is 6.24. The van der Waals surface area contributed by atoms with Gasteiger partial charge >= 0.3 is 0 Å². The molecule has 2 heterocycles. The molecule has 3 unspecified atom stereocenters. The third-order valence-electron chi connectivity index (χ3n) is 3.73. The molecule has 94 valence electrons. The second-order valence-corrected chi connectivity index (χ2v) is 6.16. The molecule has 0 aromatic heterocycles. The van der Waals surface area contributed by atoms with Crippen LogP contribution in [0.3, 0.4) is 0 Å². The Labute approximate surface area is 103 Å². The molecule has 0 aliphatic carbocycles. The molecule has 2 N–H and O–H groups in total. The van der Waals surface area contributed by atoms with Crippen molar-refractivity contribution in [3.8, 4) is 0 Å². The summed E-state index contributed by atoms with van der Waals surface area (Å²) in [5.74, 6) is 1.25. The topological polar surface area (TPSA) is 38.5 Å². The summed E-state index contributed by atoms with van der Waals surface area (Å²) in [6.45, 7) is 6.34. The summed E-state index contributed by atoms with van der Waals surface area (Å²) >= 11 is 2.11. The third-order valence-corrected chi connectivity index (χ3v) is 5.10. The van der Waals surface area contributed by atoms with Crippen LogP contribution in [0.2, 0.25) is 0 Å². The quantitative estimate of drug-likeness (QED) is 0.809. The first kappa shape index (κ1) is 12.7. The van der Waals surface area contributed by atoms with Gasteiger partial charge in [-0.3, -0.25) is 4.90 Å².